The molecule has 3 aromatic carbocycles. The van der Waals surface area contributed by atoms with Crippen molar-refractivity contribution in [1.29, 1.82) is 0 Å². The summed E-state index contributed by atoms with van der Waals surface area (Å²) in [6, 6.07) is 19.9. The van der Waals surface area contributed by atoms with Gasteiger partial charge in [-0.1, -0.05) is 30.3 Å². The minimum atomic E-state index is -4.52. The molecule has 0 bridgehead atoms. The summed E-state index contributed by atoms with van der Waals surface area (Å²) >= 11 is 0. The van der Waals surface area contributed by atoms with Crippen LogP contribution in [0.5, 0.6) is 0 Å². The second kappa shape index (κ2) is 10.9. The Morgan fingerprint density at radius 1 is 0.947 bits per heavy atom. The first-order valence-corrected chi connectivity index (χ1v) is 11.7. The summed E-state index contributed by atoms with van der Waals surface area (Å²) in [5.74, 6) is -1.25. The molecule has 0 aliphatic heterocycles. The number of carbonyl (C=O) groups excluding carboxylic acids is 2. The number of rotatable bonds is 7. The highest BCUT2D eigenvalue weighted by molar-refractivity contribution is 5.99. The topological polar surface area (TPSA) is 67.2 Å². The van der Waals surface area contributed by atoms with Crippen molar-refractivity contribution in [1.82, 2.24) is 14.7 Å². The fraction of sp³-hybridized carbons (Fsp3) is 0.179. The van der Waals surface area contributed by atoms with Gasteiger partial charge in [-0.3, -0.25) is 9.59 Å². The molecule has 0 saturated carbocycles. The zero-order chi connectivity index (χ0) is 27.4. The smallest absolute Gasteiger partial charge is 0.327 e. The van der Waals surface area contributed by atoms with Crippen LogP contribution in [0, 0.1) is 5.82 Å². The van der Waals surface area contributed by atoms with Crippen molar-refractivity contribution < 1.29 is 27.2 Å². The van der Waals surface area contributed by atoms with E-state index in [1.54, 1.807) is 19.9 Å². The molecule has 6 nitrogen and oxygen atoms in total. The van der Waals surface area contributed by atoms with Gasteiger partial charge in [-0.05, 0) is 62.4 Å². The molecular weight excluding hydrogens is 500 g/mol. The number of alkyl halides is 3. The monoisotopic (exact) mass is 524 g/mol. The van der Waals surface area contributed by atoms with Gasteiger partial charge in [0.15, 0.2) is 0 Å². The second-order valence-electron chi connectivity index (χ2n) is 8.82. The first-order chi connectivity index (χ1) is 18.0. The van der Waals surface area contributed by atoms with Crippen LogP contribution >= 0.6 is 0 Å². The van der Waals surface area contributed by atoms with E-state index in [4.69, 9.17) is 0 Å². The third-order valence-electron chi connectivity index (χ3n) is 5.77. The highest BCUT2D eigenvalue weighted by atomic mass is 19.4. The molecule has 0 atom stereocenters. The molecule has 0 aliphatic carbocycles. The zero-order valence-corrected chi connectivity index (χ0v) is 20.5. The molecule has 0 fully saturated rings. The molecule has 4 aromatic rings. The lowest BCUT2D eigenvalue weighted by atomic mass is 10.1. The molecule has 0 spiro atoms. The first-order valence-electron chi connectivity index (χ1n) is 11.7. The molecule has 0 aliphatic rings. The number of benzene rings is 3. The number of carbonyl (C=O) groups is 2. The number of nitrogens with zero attached hydrogens (tertiary/aromatic N) is 3. The summed E-state index contributed by atoms with van der Waals surface area (Å²) in [6.45, 7) is 3.05. The molecule has 1 heterocycles. The van der Waals surface area contributed by atoms with E-state index >= 15 is 0 Å². The van der Waals surface area contributed by atoms with Crippen LogP contribution in [0.2, 0.25) is 0 Å². The van der Waals surface area contributed by atoms with Crippen molar-refractivity contribution in [2.45, 2.75) is 26.1 Å². The fourth-order valence-electron chi connectivity index (χ4n) is 3.79. The van der Waals surface area contributed by atoms with E-state index in [0.29, 0.717) is 17.2 Å². The van der Waals surface area contributed by atoms with E-state index in [2.05, 4.69) is 10.4 Å². The third kappa shape index (κ3) is 6.08. The lowest BCUT2D eigenvalue weighted by Crippen LogP contribution is -2.42. The Hall–Kier alpha value is -4.47. The van der Waals surface area contributed by atoms with Gasteiger partial charge in [-0.2, -0.15) is 18.3 Å². The van der Waals surface area contributed by atoms with Crippen molar-refractivity contribution in [3.05, 3.63) is 102 Å². The van der Waals surface area contributed by atoms with Gasteiger partial charge >= 0.3 is 6.18 Å². The Labute approximate surface area is 216 Å². The van der Waals surface area contributed by atoms with E-state index < -0.39 is 35.4 Å². The lowest BCUT2D eigenvalue weighted by molar-refractivity contribution is -0.137. The predicted octanol–water partition coefficient (Wildman–Crippen LogP) is 6.19. The van der Waals surface area contributed by atoms with Crippen LogP contribution in [-0.2, 0) is 11.0 Å². The average Bonchev–Trinajstić information content (AvgIpc) is 3.31. The molecule has 1 N–H and O–H groups in total. The molecule has 2 amide bonds. The van der Waals surface area contributed by atoms with E-state index in [0.717, 1.165) is 29.8 Å². The standard InChI is InChI=1S/C28H24F4N4O2/c1-18(2)35(27(38)20-8-10-21(11-9-20)28(30,31)32)17-26(37)33-25-16-24(19-6-4-3-5-7-19)34-36(25)23-14-12-22(29)13-15-23/h3-16,18H,17H2,1-2H3,(H,33,37). The van der Waals surface area contributed by atoms with E-state index in [1.165, 1.54) is 33.8 Å². The van der Waals surface area contributed by atoms with E-state index in [-0.39, 0.29) is 12.1 Å². The lowest BCUT2D eigenvalue weighted by Gasteiger charge is -2.26. The summed E-state index contributed by atoms with van der Waals surface area (Å²) in [6.07, 6.45) is -4.52. The Morgan fingerprint density at radius 2 is 1.58 bits per heavy atom. The number of aromatic nitrogens is 2. The summed E-state index contributed by atoms with van der Waals surface area (Å²) in [7, 11) is 0. The number of nitrogens with one attached hydrogen (secondary N) is 1. The summed E-state index contributed by atoms with van der Waals surface area (Å²) in [5, 5.41) is 7.33. The number of halogens is 4. The maximum atomic E-state index is 13.5. The summed E-state index contributed by atoms with van der Waals surface area (Å²) < 4.78 is 53.7. The number of hydrogen-bond acceptors (Lipinski definition) is 3. The zero-order valence-electron chi connectivity index (χ0n) is 20.5. The van der Waals surface area contributed by atoms with Crippen LogP contribution in [0.1, 0.15) is 29.8 Å². The third-order valence-corrected chi connectivity index (χ3v) is 5.77. The van der Waals surface area contributed by atoms with Gasteiger partial charge in [0, 0.05) is 23.2 Å². The van der Waals surface area contributed by atoms with Crippen LogP contribution in [0.3, 0.4) is 0 Å². The number of anilines is 1. The Balaban J connectivity index is 1.58. The Kier molecular flexibility index (Phi) is 7.61. The van der Waals surface area contributed by atoms with Gasteiger partial charge < -0.3 is 10.2 Å². The minimum Gasteiger partial charge on any atom is -0.327 e. The number of hydrogen-bond donors (Lipinski definition) is 1. The van der Waals surface area contributed by atoms with Crippen molar-refractivity contribution in [2.75, 3.05) is 11.9 Å². The van der Waals surface area contributed by atoms with Gasteiger partial charge in [-0.15, -0.1) is 0 Å². The van der Waals surface area contributed by atoms with Gasteiger partial charge in [0.1, 0.15) is 18.2 Å². The average molecular weight is 525 g/mol. The van der Waals surface area contributed by atoms with Crippen molar-refractivity contribution in [3.8, 4) is 16.9 Å². The van der Waals surface area contributed by atoms with E-state index in [1.807, 2.05) is 30.3 Å². The Bertz CT molecular complexity index is 1410. The van der Waals surface area contributed by atoms with Crippen LogP contribution in [0.15, 0.2) is 84.9 Å². The largest absolute Gasteiger partial charge is 0.416 e. The highest BCUT2D eigenvalue weighted by Gasteiger charge is 2.31. The van der Waals surface area contributed by atoms with Crippen LogP contribution in [0.25, 0.3) is 16.9 Å². The maximum Gasteiger partial charge on any atom is 0.416 e. The van der Waals surface area contributed by atoms with E-state index in [9.17, 15) is 27.2 Å². The predicted molar refractivity (Wildman–Crippen MR) is 135 cm³/mol. The van der Waals surface area contributed by atoms with Gasteiger partial charge in [0.25, 0.3) is 5.91 Å². The molecular formula is C28H24F4N4O2. The van der Waals surface area contributed by atoms with Crippen LogP contribution in [0.4, 0.5) is 23.4 Å². The molecule has 0 saturated heterocycles. The minimum absolute atomic E-state index is 0.0298. The second-order valence-corrected chi connectivity index (χ2v) is 8.82. The quantitative estimate of drug-likeness (QED) is 0.293. The van der Waals surface area contributed by atoms with Gasteiger partial charge in [-0.25, -0.2) is 9.07 Å². The SMILES string of the molecule is CC(C)N(CC(=O)Nc1cc(-c2ccccc2)nn1-c1ccc(F)cc1)C(=O)c1ccc(C(F)(F)F)cc1. The van der Waals surface area contributed by atoms with Crippen molar-refractivity contribution in [2.24, 2.45) is 0 Å². The molecule has 10 heteroatoms. The summed E-state index contributed by atoms with van der Waals surface area (Å²) in [4.78, 5) is 27.4. The van der Waals surface area contributed by atoms with Gasteiger partial charge in [0.05, 0.1) is 16.9 Å². The van der Waals surface area contributed by atoms with Crippen LogP contribution in [-0.4, -0.2) is 39.1 Å². The first kappa shape index (κ1) is 26.6. The fourth-order valence-corrected chi connectivity index (χ4v) is 3.79. The normalized spacial score (nSPS) is 11.4. The highest BCUT2D eigenvalue weighted by Crippen LogP contribution is 2.29. The van der Waals surface area contributed by atoms with Crippen LogP contribution < -0.4 is 5.32 Å². The molecule has 0 radical (unpaired) electrons. The summed E-state index contributed by atoms with van der Waals surface area (Å²) in [5.41, 5.74) is 1.02. The molecule has 1 aromatic heterocycles. The van der Waals surface area contributed by atoms with Gasteiger partial charge in [0.2, 0.25) is 5.91 Å². The number of amides is 2. The van der Waals surface area contributed by atoms with Crippen molar-refractivity contribution >= 4 is 17.6 Å². The Morgan fingerprint density at radius 3 is 2.16 bits per heavy atom. The molecule has 38 heavy (non-hydrogen) atoms. The molecule has 4 rings (SSSR count). The molecule has 196 valence electrons. The molecule has 0 unspecified atom stereocenters. The van der Waals surface area contributed by atoms with Crippen molar-refractivity contribution in [3.63, 3.8) is 0 Å². The maximum absolute atomic E-state index is 13.5.